The topological polar surface area (TPSA) is 67.2 Å². The number of aldehydes is 1. The van der Waals surface area contributed by atoms with Crippen LogP contribution in [0.1, 0.15) is 45.7 Å². The first-order valence-electron chi connectivity index (χ1n) is 5.37. The number of carbonyl (C=O) groups excluding carboxylic acids is 2. The molecule has 0 amide bonds. The fraction of sp³-hybridized carbons (Fsp3) is 0.308. The van der Waals surface area contributed by atoms with Crippen LogP contribution in [-0.2, 0) is 11.2 Å². The Morgan fingerprint density at radius 3 is 2.65 bits per heavy atom. The van der Waals surface area contributed by atoms with E-state index >= 15 is 0 Å². The zero-order valence-electron chi connectivity index (χ0n) is 9.82. The van der Waals surface area contributed by atoms with E-state index in [0.29, 0.717) is 23.8 Å². The summed E-state index contributed by atoms with van der Waals surface area (Å²) in [5, 5.41) is 8.83. The molecule has 0 heterocycles. The molecule has 0 unspecified atom stereocenters. The van der Waals surface area contributed by atoms with Crippen molar-refractivity contribution in [3.05, 3.63) is 34.4 Å². The molecule has 0 aromatic heterocycles. The van der Waals surface area contributed by atoms with Crippen LogP contribution in [0.4, 0.5) is 0 Å². The quantitative estimate of drug-likeness (QED) is 0.588. The Hall–Kier alpha value is -2.15. The number of rotatable bonds is 4. The molecular formula is C13H13NO3. The molecule has 0 bridgehead atoms. The van der Waals surface area contributed by atoms with Crippen LogP contribution < -0.4 is 0 Å². The highest BCUT2D eigenvalue weighted by Gasteiger charge is 2.17. The zero-order valence-corrected chi connectivity index (χ0v) is 9.82. The van der Waals surface area contributed by atoms with E-state index in [-0.39, 0.29) is 17.7 Å². The van der Waals surface area contributed by atoms with Gasteiger partial charge in [-0.15, -0.1) is 0 Å². The lowest BCUT2D eigenvalue weighted by atomic mass is 9.97. The van der Waals surface area contributed by atoms with E-state index < -0.39 is 5.97 Å². The van der Waals surface area contributed by atoms with Crippen LogP contribution in [-0.4, -0.2) is 18.9 Å². The molecule has 17 heavy (non-hydrogen) atoms. The molecule has 0 spiro atoms. The molecule has 1 rings (SSSR count). The van der Waals surface area contributed by atoms with Crippen molar-refractivity contribution < 1.29 is 14.3 Å². The number of esters is 1. The first-order chi connectivity index (χ1) is 8.17. The average Bonchev–Trinajstić information content (AvgIpc) is 2.37. The van der Waals surface area contributed by atoms with E-state index in [1.54, 1.807) is 13.0 Å². The van der Waals surface area contributed by atoms with Gasteiger partial charge in [-0.3, -0.25) is 4.79 Å². The molecule has 0 radical (unpaired) electrons. The van der Waals surface area contributed by atoms with Crippen molar-refractivity contribution >= 4 is 12.3 Å². The minimum atomic E-state index is -0.518. The van der Waals surface area contributed by atoms with Gasteiger partial charge in [-0.2, -0.15) is 5.26 Å². The van der Waals surface area contributed by atoms with E-state index in [1.165, 1.54) is 6.07 Å². The van der Waals surface area contributed by atoms with Gasteiger partial charge in [-0.25, -0.2) is 4.79 Å². The Kier molecular flexibility index (Phi) is 4.41. The standard InChI is InChI=1S/C13H13NO3/c1-3-10-5-9(7-14)6-11(8-15)12(10)13(16)17-4-2/h5-6,8H,3-4H2,1-2H3. The highest BCUT2D eigenvalue weighted by molar-refractivity contribution is 6.00. The van der Waals surface area contributed by atoms with Crippen molar-refractivity contribution in [3.8, 4) is 6.07 Å². The first-order valence-corrected chi connectivity index (χ1v) is 5.37. The molecule has 0 N–H and O–H groups in total. The second-order valence-corrected chi connectivity index (χ2v) is 3.40. The fourth-order valence-corrected chi connectivity index (χ4v) is 1.62. The van der Waals surface area contributed by atoms with Gasteiger partial charge in [0, 0.05) is 5.56 Å². The van der Waals surface area contributed by atoms with Crippen LogP contribution in [0.3, 0.4) is 0 Å². The van der Waals surface area contributed by atoms with Crippen LogP contribution in [0.15, 0.2) is 12.1 Å². The molecule has 1 aromatic carbocycles. The summed E-state index contributed by atoms with van der Waals surface area (Å²) in [7, 11) is 0. The summed E-state index contributed by atoms with van der Waals surface area (Å²) in [6, 6.07) is 4.98. The third-order valence-electron chi connectivity index (χ3n) is 2.37. The molecule has 0 aliphatic rings. The largest absolute Gasteiger partial charge is 0.462 e. The minimum absolute atomic E-state index is 0.208. The van der Waals surface area contributed by atoms with Crippen LogP contribution in [0, 0.1) is 11.3 Å². The van der Waals surface area contributed by atoms with Gasteiger partial charge in [0.25, 0.3) is 0 Å². The lowest BCUT2D eigenvalue weighted by Crippen LogP contribution is -2.11. The third-order valence-corrected chi connectivity index (χ3v) is 2.37. The van der Waals surface area contributed by atoms with Crippen LogP contribution in [0.25, 0.3) is 0 Å². The number of hydrogen-bond donors (Lipinski definition) is 0. The summed E-state index contributed by atoms with van der Waals surface area (Å²) in [6.45, 7) is 3.81. The number of hydrogen-bond acceptors (Lipinski definition) is 4. The predicted octanol–water partition coefficient (Wildman–Crippen LogP) is 2.11. The Labute approximate surface area is 99.8 Å². The number of nitrogens with zero attached hydrogens (tertiary/aromatic N) is 1. The summed E-state index contributed by atoms with van der Waals surface area (Å²) in [5.41, 5.74) is 1.50. The summed E-state index contributed by atoms with van der Waals surface area (Å²) < 4.78 is 4.91. The number of nitriles is 1. The monoisotopic (exact) mass is 231 g/mol. The highest BCUT2D eigenvalue weighted by Crippen LogP contribution is 2.18. The van der Waals surface area contributed by atoms with E-state index in [0.717, 1.165) is 0 Å². The molecule has 0 aliphatic carbocycles. The molecule has 0 saturated heterocycles. The second kappa shape index (κ2) is 5.80. The molecule has 0 fully saturated rings. The minimum Gasteiger partial charge on any atom is -0.462 e. The molecule has 0 aliphatic heterocycles. The second-order valence-electron chi connectivity index (χ2n) is 3.40. The smallest absolute Gasteiger partial charge is 0.339 e. The molecular weight excluding hydrogens is 218 g/mol. The zero-order chi connectivity index (χ0) is 12.8. The number of benzene rings is 1. The molecule has 4 heteroatoms. The Morgan fingerprint density at radius 1 is 1.47 bits per heavy atom. The maximum Gasteiger partial charge on any atom is 0.339 e. The lowest BCUT2D eigenvalue weighted by Gasteiger charge is -2.10. The highest BCUT2D eigenvalue weighted by atomic mass is 16.5. The normalized spacial score (nSPS) is 9.47. The van der Waals surface area contributed by atoms with Gasteiger partial charge < -0.3 is 4.74 Å². The van der Waals surface area contributed by atoms with Gasteiger partial charge in [0.2, 0.25) is 0 Å². The lowest BCUT2D eigenvalue weighted by molar-refractivity contribution is 0.0523. The van der Waals surface area contributed by atoms with Gasteiger partial charge in [0.1, 0.15) is 0 Å². The maximum absolute atomic E-state index is 11.7. The third kappa shape index (κ3) is 2.70. The van der Waals surface area contributed by atoms with Gasteiger partial charge in [-0.05, 0) is 31.0 Å². The fourth-order valence-electron chi connectivity index (χ4n) is 1.62. The average molecular weight is 231 g/mol. The summed E-state index contributed by atoms with van der Waals surface area (Å²) in [4.78, 5) is 22.7. The van der Waals surface area contributed by atoms with Gasteiger partial charge in [0.15, 0.2) is 6.29 Å². The van der Waals surface area contributed by atoms with Crippen LogP contribution in [0.2, 0.25) is 0 Å². The van der Waals surface area contributed by atoms with Crippen molar-refractivity contribution in [2.75, 3.05) is 6.61 Å². The molecule has 1 aromatic rings. The van der Waals surface area contributed by atoms with Crippen LogP contribution >= 0.6 is 0 Å². The predicted molar refractivity (Wildman–Crippen MR) is 61.9 cm³/mol. The molecule has 0 saturated carbocycles. The van der Waals surface area contributed by atoms with Crippen molar-refractivity contribution in [2.45, 2.75) is 20.3 Å². The van der Waals surface area contributed by atoms with E-state index in [2.05, 4.69) is 0 Å². The summed E-state index contributed by atoms with van der Waals surface area (Å²) >= 11 is 0. The number of ether oxygens (including phenoxy) is 1. The number of carbonyl (C=O) groups is 2. The Balaban J connectivity index is 3.40. The van der Waals surface area contributed by atoms with Gasteiger partial charge in [0.05, 0.1) is 23.8 Å². The first kappa shape index (κ1) is 12.9. The van der Waals surface area contributed by atoms with E-state index in [4.69, 9.17) is 10.00 Å². The molecule has 4 nitrogen and oxygen atoms in total. The van der Waals surface area contributed by atoms with Crippen LogP contribution in [0.5, 0.6) is 0 Å². The maximum atomic E-state index is 11.7. The van der Waals surface area contributed by atoms with Gasteiger partial charge >= 0.3 is 5.97 Å². The van der Waals surface area contributed by atoms with Crippen molar-refractivity contribution in [2.24, 2.45) is 0 Å². The summed E-state index contributed by atoms with van der Waals surface area (Å²) in [6.07, 6.45) is 1.14. The van der Waals surface area contributed by atoms with E-state index in [9.17, 15) is 9.59 Å². The Bertz CT molecular complexity index is 486. The van der Waals surface area contributed by atoms with E-state index in [1.807, 2.05) is 13.0 Å². The summed E-state index contributed by atoms with van der Waals surface area (Å²) in [5.74, 6) is -0.518. The molecule has 88 valence electrons. The van der Waals surface area contributed by atoms with Crippen molar-refractivity contribution in [1.29, 1.82) is 5.26 Å². The SMILES string of the molecule is CCOC(=O)c1c(C=O)cc(C#N)cc1CC. The van der Waals surface area contributed by atoms with Crippen molar-refractivity contribution in [1.82, 2.24) is 0 Å². The Morgan fingerprint density at radius 2 is 2.18 bits per heavy atom. The van der Waals surface area contributed by atoms with Crippen molar-refractivity contribution in [3.63, 3.8) is 0 Å². The van der Waals surface area contributed by atoms with Gasteiger partial charge in [-0.1, -0.05) is 6.92 Å². The number of aryl methyl sites for hydroxylation is 1. The molecule has 0 atom stereocenters.